The zero-order valence-corrected chi connectivity index (χ0v) is 15.0. The maximum absolute atomic E-state index is 6.24. The van der Waals surface area contributed by atoms with Crippen LogP contribution in [0.15, 0.2) is 0 Å². The van der Waals surface area contributed by atoms with Crippen LogP contribution in [0.4, 0.5) is 0 Å². The van der Waals surface area contributed by atoms with Crippen LogP contribution in [0, 0.1) is 11.8 Å². The maximum atomic E-state index is 6.24. The van der Waals surface area contributed by atoms with E-state index in [1.165, 1.54) is 57.8 Å². The molecular formula is C19H39NO. The minimum Gasteiger partial charge on any atom is -0.377 e. The molecule has 126 valence electrons. The number of hydrogen-bond donors (Lipinski definition) is 1. The van der Waals surface area contributed by atoms with Crippen LogP contribution in [0.5, 0.6) is 0 Å². The first-order valence-corrected chi connectivity index (χ1v) is 9.54. The topological polar surface area (TPSA) is 21.3 Å². The average Bonchev–Trinajstić information content (AvgIpc) is 2.49. The molecular weight excluding hydrogens is 258 g/mol. The number of hydrogen-bond acceptors (Lipinski definition) is 2. The summed E-state index contributed by atoms with van der Waals surface area (Å²) in [5.41, 5.74) is 0. The van der Waals surface area contributed by atoms with Crippen LogP contribution < -0.4 is 5.32 Å². The molecule has 1 saturated carbocycles. The molecule has 1 aliphatic carbocycles. The van der Waals surface area contributed by atoms with Gasteiger partial charge in [-0.05, 0) is 51.0 Å². The summed E-state index contributed by atoms with van der Waals surface area (Å²) in [7, 11) is 0. The summed E-state index contributed by atoms with van der Waals surface area (Å²) in [6.45, 7) is 11.1. The van der Waals surface area contributed by atoms with Gasteiger partial charge >= 0.3 is 0 Å². The highest BCUT2D eigenvalue weighted by atomic mass is 16.5. The lowest BCUT2D eigenvalue weighted by atomic mass is 9.81. The molecule has 2 atom stereocenters. The minimum absolute atomic E-state index is 0.439. The van der Waals surface area contributed by atoms with Gasteiger partial charge in [0.1, 0.15) is 0 Å². The van der Waals surface area contributed by atoms with Crippen molar-refractivity contribution in [2.75, 3.05) is 13.2 Å². The summed E-state index contributed by atoms with van der Waals surface area (Å²) in [6.07, 6.45) is 12.6. The van der Waals surface area contributed by atoms with Crippen LogP contribution in [-0.2, 0) is 4.74 Å². The molecule has 1 rings (SSSR count). The fourth-order valence-corrected chi connectivity index (χ4v) is 3.69. The maximum Gasteiger partial charge on any atom is 0.0755 e. The molecule has 0 radical (unpaired) electrons. The molecule has 0 aromatic rings. The fraction of sp³-hybridized carbons (Fsp3) is 1.00. The van der Waals surface area contributed by atoms with Crippen molar-refractivity contribution in [2.45, 2.75) is 97.6 Å². The van der Waals surface area contributed by atoms with Crippen molar-refractivity contribution < 1.29 is 4.74 Å². The fourth-order valence-electron chi connectivity index (χ4n) is 3.69. The Morgan fingerprint density at radius 2 is 1.76 bits per heavy atom. The highest BCUT2D eigenvalue weighted by Gasteiger charge is 2.30. The Bertz CT molecular complexity index is 236. The molecule has 0 aromatic carbocycles. The van der Waals surface area contributed by atoms with E-state index in [9.17, 15) is 0 Å². The zero-order valence-electron chi connectivity index (χ0n) is 15.0. The van der Waals surface area contributed by atoms with Gasteiger partial charge in [-0.3, -0.25) is 0 Å². The van der Waals surface area contributed by atoms with E-state index in [0.29, 0.717) is 12.1 Å². The number of rotatable bonds is 11. The second-order valence-corrected chi connectivity index (χ2v) is 7.20. The Morgan fingerprint density at radius 1 is 1.05 bits per heavy atom. The Hall–Kier alpha value is -0.0800. The van der Waals surface area contributed by atoms with Crippen molar-refractivity contribution in [2.24, 2.45) is 11.8 Å². The van der Waals surface area contributed by atoms with Gasteiger partial charge in [0, 0.05) is 12.6 Å². The molecule has 2 unspecified atom stereocenters. The Morgan fingerprint density at radius 3 is 2.33 bits per heavy atom. The van der Waals surface area contributed by atoms with Crippen molar-refractivity contribution >= 4 is 0 Å². The molecule has 1 aliphatic rings. The van der Waals surface area contributed by atoms with Crippen molar-refractivity contribution in [3.05, 3.63) is 0 Å². The van der Waals surface area contributed by atoms with Gasteiger partial charge in [-0.15, -0.1) is 0 Å². The van der Waals surface area contributed by atoms with Crippen LogP contribution in [0.3, 0.4) is 0 Å². The van der Waals surface area contributed by atoms with Gasteiger partial charge in [0.15, 0.2) is 0 Å². The molecule has 0 bridgehead atoms. The normalized spacial score (nSPS) is 19.9. The summed E-state index contributed by atoms with van der Waals surface area (Å²) >= 11 is 0. The molecule has 0 heterocycles. The van der Waals surface area contributed by atoms with E-state index in [1.807, 2.05) is 0 Å². The van der Waals surface area contributed by atoms with E-state index < -0.39 is 0 Å². The third-order valence-electron chi connectivity index (χ3n) is 4.82. The summed E-state index contributed by atoms with van der Waals surface area (Å²) < 4.78 is 6.24. The molecule has 0 aliphatic heterocycles. The van der Waals surface area contributed by atoms with Crippen LogP contribution in [0.2, 0.25) is 0 Å². The largest absolute Gasteiger partial charge is 0.377 e. The van der Waals surface area contributed by atoms with Gasteiger partial charge < -0.3 is 10.1 Å². The van der Waals surface area contributed by atoms with E-state index in [-0.39, 0.29) is 0 Å². The summed E-state index contributed by atoms with van der Waals surface area (Å²) in [4.78, 5) is 0. The Labute approximate surface area is 133 Å². The molecule has 0 amide bonds. The molecule has 0 spiro atoms. The second kappa shape index (κ2) is 11.5. The summed E-state index contributed by atoms with van der Waals surface area (Å²) in [6, 6.07) is 0.562. The highest BCUT2D eigenvalue weighted by Crippen LogP contribution is 2.31. The van der Waals surface area contributed by atoms with Gasteiger partial charge in [0.25, 0.3) is 0 Å². The molecule has 0 aromatic heterocycles. The molecule has 1 fully saturated rings. The van der Waals surface area contributed by atoms with Crippen LogP contribution in [-0.4, -0.2) is 25.3 Å². The van der Waals surface area contributed by atoms with Crippen molar-refractivity contribution in [1.82, 2.24) is 5.32 Å². The SMILES string of the molecule is CCCNC(CCCC(C)C)C(OCC)C1CCCCC1. The van der Waals surface area contributed by atoms with E-state index in [4.69, 9.17) is 4.74 Å². The summed E-state index contributed by atoms with van der Waals surface area (Å²) in [5.74, 6) is 1.60. The van der Waals surface area contributed by atoms with Gasteiger partial charge in [-0.25, -0.2) is 0 Å². The molecule has 1 N–H and O–H groups in total. The van der Waals surface area contributed by atoms with Crippen molar-refractivity contribution in [3.63, 3.8) is 0 Å². The third kappa shape index (κ3) is 7.65. The lowest BCUT2D eigenvalue weighted by Gasteiger charge is -2.36. The zero-order chi connectivity index (χ0) is 15.5. The average molecular weight is 298 g/mol. The third-order valence-corrected chi connectivity index (χ3v) is 4.82. The highest BCUT2D eigenvalue weighted by molar-refractivity contribution is 4.85. The molecule has 2 heteroatoms. The molecule has 0 saturated heterocycles. The van der Waals surface area contributed by atoms with Crippen LogP contribution in [0.1, 0.15) is 85.5 Å². The standard InChI is InChI=1S/C19H39NO/c1-5-15-20-18(14-10-11-16(3)4)19(21-6-2)17-12-8-7-9-13-17/h16-20H,5-15H2,1-4H3. The van der Waals surface area contributed by atoms with E-state index in [0.717, 1.165) is 25.0 Å². The van der Waals surface area contributed by atoms with Crippen LogP contribution >= 0.6 is 0 Å². The predicted molar refractivity (Wildman–Crippen MR) is 92.8 cm³/mol. The first-order valence-electron chi connectivity index (χ1n) is 9.54. The van der Waals surface area contributed by atoms with Gasteiger partial charge in [0.2, 0.25) is 0 Å². The smallest absolute Gasteiger partial charge is 0.0755 e. The first kappa shape index (κ1) is 19.0. The van der Waals surface area contributed by atoms with E-state index in [2.05, 4.69) is 33.0 Å². The van der Waals surface area contributed by atoms with Gasteiger partial charge in [0.05, 0.1) is 6.10 Å². The predicted octanol–water partition coefficient (Wildman–Crippen LogP) is 5.17. The number of ether oxygens (including phenoxy) is 1. The molecule has 2 nitrogen and oxygen atoms in total. The van der Waals surface area contributed by atoms with Gasteiger partial charge in [-0.2, -0.15) is 0 Å². The lowest BCUT2D eigenvalue weighted by molar-refractivity contribution is -0.0199. The van der Waals surface area contributed by atoms with Crippen molar-refractivity contribution in [1.29, 1.82) is 0 Å². The van der Waals surface area contributed by atoms with Crippen molar-refractivity contribution in [3.8, 4) is 0 Å². The second-order valence-electron chi connectivity index (χ2n) is 7.20. The number of nitrogens with one attached hydrogen (secondary N) is 1. The minimum atomic E-state index is 0.439. The lowest BCUT2D eigenvalue weighted by Crippen LogP contribution is -2.46. The van der Waals surface area contributed by atoms with Gasteiger partial charge in [-0.1, -0.05) is 52.9 Å². The van der Waals surface area contributed by atoms with E-state index in [1.54, 1.807) is 0 Å². The monoisotopic (exact) mass is 297 g/mol. The Balaban J connectivity index is 2.58. The Kier molecular flexibility index (Phi) is 10.4. The van der Waals surface area contributed by atoms with E-state index >= 15 is 0 Å². The quantitative estimate of drug-likeness (QED) is 0.568. The van der Waals surface area contributed by atoms with Crippen LogP contribution in [0.25, 0.3) is 0 Å². The molecule has 21 heavy (non-hydrogen) atoms. The first-order chi connectivity index (χ1) is 10.2. The summed E-state index contributed by atoms with van der Waals surface area (Å²) in [5, 5.41) is 3.80.